The van der Waals surface area contributed by atoms with Gasteiger partial charge in [-0.25, -0.2) is 0 Å². The van der Waals surface area contributed by atoms with E-state index in [0.717, 1.165) is 49.7 Å². The van der Waals surface area contributed by atoms with Crippen molar-refractivity contribution >= 4 is 15.9 Å². The van der Waals surface area contributed by atoms with Gasteiger partial charge in [-0.2, -0.15) is 0 Å². The molecule has 2 heterocycles. The molecular weight excluding hydrogens is 332 g/mol. The number of benzene rings is 1. The fraction of sp³-hybridized carbons (Fsp3) is 0.625. The van der Waals surface area contributed by atoms with Crippen molar-refractivity contribution in [3.8, 4) is 5.75 Å². The summed E-state index contributed by atoms with van der Waals surface area (Å²) in [5.41, 5.74) is 0. The van der Waals surface area contributed by atoms with Crippen LogP contribution in [0.5, 0.6) is 5.75 Å². The van der Waals surface area contributed by atoms with Crippen molar-refractivity contribution in [2.75, 3.05) is 52.5 Å². The Morgan fingerprint density at radius 2 is 1.90 bits per heavy atom. The van der Waals surface area contributed by atoms with E-state index >= 15 is 0 Å². The smallest absolute Gasteiger partial charge is 0.119 e. The fourth-order valence-electron chi connectivity index (χ4n) is 3.08. The monoisotopic (exact) mass is 354 g/mol. The molecule has 0 aliphatic carbocycles. The Hall–Kier alpha value is -0.620. The van der Waals surface area contributed by atoms with E-state index in [4.69, 9.17) is 9.47 Å². The van der Waals surface area contributed by atoms with Gasteiger partial charge in [0.15, 0.2) is 0 Å². The summed E-state index contributed by atoms with van der Waals surface area (Å²) in [5.74, 6) is 0.946. The molecule has 5 heteroatoms. The van der Waals surface area contributed by atoms with E-state index in [2.05, 4.69) is 25.7 Å². The zero-order valence-corrected chi connectivity index (χ0v) is 13.9. The minimum atomic E-state index is 0.710. The second kappa shape index (κ2) is 7.58. The van der Waals surface area contributed by atoms with Gasteiger partial charge in [-0.3, -0.25) is 9.80 Å². The molecule has 0 bridgehead atoms. The Kier molecular flexibility index (Phi) is 5.52. The molecule has 2 aliphatic heterocycles. The van der Waals surface area contributed by atoms with Crippen LogP contribution >= 0.6 is 15.9 Å². The molecule has 4 nitrogen and oxygen atoms in total. The van der Waals surface area contributed by atoms with Crippen LogP contribution in [0.2, 0.25) is 0 Å². The van der Waals surface area contributed by atoms with Gasteiger partial charge in [-0.05, 0) is 37.2 Å². The lowest BCUT2D eigenvalue weighted by Gasteiger charge is -2.32. The molecule has 1 aromatic rings. The summed E-state index contributed by atoms with van der Waals surface area (Å²) in [6, 6.07) is 8.75. The van der Waals surface area contributed by atoms with Crippen LogP contribution in [0.4, 0.5) is 0 Å². The SMILES string of the molecule is Brc1ccc(OCCN2CCC(N3CCOCC3)C2)cc1. The van der Waals surface area contributed by atoms with Crippen LogP contribution in [0.3, 0.4) is 0 Å². The molecule has 0 spiro atoms. The first-order valence-corrected chi connectivity index (χ1v) is 8.53. The number of nitrogens with zero attached hydrogens (tertiary/aromatic N) is 2. The van der Waals surface area contributed by atoms with E-state index in [1.165, 1.54) is 19.5 Å². The van der Waals surface area contributed by atoms with Crippen molar-refractivity contribution in [1.82, 2.24) is 9.80 Å². The molecule has 1 unspecified atom stereocenters. The molecule has 1 atom stereocenters. The highest BCUT2D eigenvalue weighted by Crippen LogP contribution is 2.18. The Labute approximate surface area is 135 Å². The maximum absolute atomic E-state index is 5.81. The summed E-state index contributed by atoms with van der Waals surface area (Å²) in [5, 5.41) is 0. The van der Waals surface area contributed by atoms with Crippen LogP contribution in [0.15, 0.2) is 28.7 Å². The van der Waals surface area contributed by atoms with Crippen molar-refractivity contribution in [1.29, 1.82) is 0 Å². The number of ether oxygens (including phenoxy) is 2. The largest absolute Gasteiger partial charge is 0.492 e. The third-order valence-corrected chi connectivity index (χ3v) is 4.83. The average Bonchev–Trinajstić information content (AvgIpc) is 2.99. The second-order valence-corrected chi connectivity index (χ2v) is 6.61. The molecule has 0 amide bonds. The van der Waals surface area contributed by atoms with Crippen LogP contribution in [0, 0.1) is 0 Å². The number of rotatable bonds is 5. The lowest BCUT2D eigenvalue weighted by Crippen LogP contribution is -2.44. The quantitative estimate of drug-likeness (QED) is 0.809. The third-order valence-electron chi connectivity index (χ3n) is 4.30. The maximum Gasteiger partial charge on any atom is 0.119 e. The third kappa shape index (κ3) is 4.42. The van der Waals surface area contributed by atoms with Gasteiger partial charge in [0, 0.05) is 36.7 Å². The van der Waals surface area contributed by atoms with E-state index in [-0.39, 0.29) is 0 Å². The molecule has 0 radical (unpaired) electrons. The number of halogens is 1. The molecule has 0 N–H and O–H groups in total. The van der Waals surface area contributed by atoms with Gasteiger partial charge in [0.05, 0.1) is 13.2 Å². The predicted molar refractivity (Wildman–Crippen MR) is 86.9 cm³/mol. The predicted octanol–water partition coefficient (Wildman–Crippen LogP) is 2.23. The summed E-state index contributed by atoms with van der Waals surface area (Å²) in [7, 11) is 0. The molecule has 2 fully saturated rings. The average molecular weight is 355 g/mol. The standard InChI is InChI=1S/C16H23BrN2O2/c17-14-1-3-16(4-2-14)21-12-7-18-6-5-15(13-18)19-8-10-20-11-9-19/h1-4,15H,5-13H2. The number of morpholine rings is 1. The zero-order valence-electron chi connectivity index (χ0n) is 12.3. The van der Waals surface area contributed by atoms with E-state index in [1.54, 1.807) is 0 Å². The van der Waals surface area contributed by atoms with E-state index in [9.17, 15) is 0 Å². The minimum absolute atomic E-state index is 0.710. The van der Waals surface area contributed by atoms with Crippen LogP contribution in [-0.2, 0) is 4.74 Å². The van der Waals surface area contributed by atoms with Gasteiger partial charge in [0.2, 0.25) is 0 Å². The molecular formula is C16H23BrN2O2. The van der Waals surface area contributed by atoms with Gasteiger partial charge in [0.1, 0.15) is 12.4 Å². The number of likely N-dealkylation sites (tertiary alicyclic amines) is 1. The van der Waals surface area contributed by atoms with Crippen LogP contribution < -0.4 is 4.74 Å². The highest BCUT2D eigenvalue weighted by Gasteiger charge is 2.28. The first-order chi connectivity index (χ1) is 10.3. The maximum atomic E-state index is 5.81. The Morgan fingerprint density at radius 3 is 2.67 bits per heavy atom. The van der Waals surface area contributed by atoms with Gasteiger partial charge in [-0.15, -0.1) is 0 Å². The van der Waals surface area contributed by atoms with E-state index < -0.39 is 0 Å². The van der Waals surface area contributed by atoms with Crippen LogP contribution in [0.1, 0.15) is 6.42 Å². The minimum Gasteiger partial charge on any atom is -0.492 e. The normalized spacial score (nSPS) is 24.3. The van der Waals surface area contributed by atoms with Crippen LogP contribution in [0.25, 0.3) is 0 Å². The lowest BCUT2D eigenvalue weighted by molar-refractivity contribution is 0.0183. The van der Waals surface area contributed by atoms with Gasteiger partial charge in [0.25, 0.3) is 0 Å². The molecule has 0 saturated carbocycles. The highest BCUT2D eigenvalue weighted by molar-refractivity contribution is 9.10. The molecule has 3 rings (SSSR count). The first kappa shape index (κ1) is 15.3. The second-order valence-electron chi connectivity index (χ2n) is 5.69. The lowest BCUT2D eigenvalue weighted by atomic mass is 10.2. The van der Waals surface area contributed by atoms with E-state index in [0.29, 0.717) is 6.04 Å². The summed E-state index contributed by atoms with van der Waals surface area (Å²) in [6.45, 7) is 8.10. The number of hydrogen-bond donors (Lipinski definition) is 0. The Morgan fingerprint density at radius 1 is 1.14 bits per heavy atom. The zero-order chi connectivity index (χ0) is 14.5. The molecule has 0 aromatic heterocycles. The summed E-state index contributed by atoms with van der Waals surface area (Å²) < 4.78 is 12.3. The molecule has 2 saturated heterocycles. The molecule has 116 valence electrons. The first-order valence-electron chi connectivity index (χ1n) is 7.74. The van der Waals surface area contributed by atoms with Gasteiger partial charge in [-0.1, -0.05) is 15.9 Å². The van der Waals surface area contributed by atoms with Crippen molar-refractivity contribution in [3.05, 3.63) is 28.7 Å². The number of hydrogen-bond acceptors (Lipinski definition) is 4. The topological polar surface area (TPSA) is 24.9 Å². The summed E-state index contributed by atoms with van der Waals surface area (Å²) in [6.07, 6.45) is 1.28. The van der Waals surface area contributed by atoms with Crippen molar-refractivity contribution in [2.24, 2.45) is 0 Å². The Bertz CT molecular complexity index is 434. The van der Waals surface area contributed by atoms with Crippen LogP contribution in [-0.4, -0.2) is 68.4 Å². The summed E-state index contributed by atoms with van der Waals surface area (Å²) >= 11 is 3.43. The van der Waals surface area contributed by atoms with Crippen molar-refractivity contribution < 1.29 is 9.47 Å². The van der Waals surface area contributed by atoms with Crippen molar-refractivity contribution in [3.63, 3.8) is 0 Å². The van der Waals surface area contributed by atoms with Gasteiger partial charge >= 0.3 is 0 Å². The molecule has 21 heavy (non-hydrogen) atoms. The van der Waals surface area contributed by atoms with E-state index in [1.807, 2.05) is 24.3 Å². The molecule has 2 aliphatic rings. The summed E-state index contributed by atoms with van der Waals surface area (Å²) in [4.78, 5) is 5.10. The highest BCUT2D eigenvalue weighted by atomic mass is 79.9. The van der Waals surface area contributed by atoms with Crippen molar-refractivity contribution in [2.45, 2.75) is 12.5 Å². The fourth-order valence-corrected chi connectivity index (χ4v) is 3.34. The van der Waals surface area contributed by atoms with Gasteiger partial charge < -0.3 is 9.47 Å². The molecule has 1 aromatic carbocycles. The Balaban J connectivity index is 1.37.